The monoisotopic (exact) mass is 309 g/mol. The van der Waals surface area contributed by atoms with Gasteiger partial charge in [0, 0.05) is 12.1 Å². The van der Waals surface area contributed by atoms with Crippen molar-refractivity contribution in [1.82, 2.24) is 4.90 Å². The fourth-order valence-electron chi connectivity index (χ4n) is 2.82. The number of para-hydroxylation sites is 1. The molecule has 1 saturated heterocycles. The number of piperidine rings is 1. The molecule has 1 aromatic carbocycles. The summed E-state index contributed by atoms with van der Waals surface area (Å²) in [6.07, 6.45) is 1.36. The number of benzene rings is 1. The number of aliphatic hydroxyl groups is 2. The summed E-state index contributed by atoms with van der Waals surface area (Å²) in [6, 6.07) is 5.41. The molecule has 0 saturated carbocycles. The lowest BCUT2D eigenvalue weighted by Gasteiger charge is -2.38. The Labute approximate surface area is 130 Å². The first-order chi connectivity index (χ1) is 10.5. The minimum absolute atomic E-state index is 0.0990. The first-order valence-electron chi connectivity index (χ1n) is 7.34. The number of hydrogen-bond donors (Lipinski definition) is 2. The van der Waals surface area contributed by atoms with Crippen LogP contribution in [-0.4, -0.2) is 60.5 Å². The highest BCUT2D eigenvalue weighted by atomic mass is 16.5. The van der Waals surface area contributed by atoms with Crippen molar-refractivity contribution in [2.75, 3.05) is 33.9 Å². The fraction of sp³-hybridized carbons (Fsp3) is 0.562. The van der Waals surface area contributed by atoms with Gasteiger partial charge in [0.25, 0.3) is 0 Å². The Balaban J connectivity index is 2.12. The summed E-state index contributed by atoms with van der Waals surface area (Å²) in [5, 5.41) is 19.4. The van der Waals surface area contributed by atoms with Crippen molar-refractivity contribution in [3.05, 3.63) is 23.8 Å². The molecule has 0 spiro atoms. The van der Waals surface area contributed by atoms with Crippen LogP contribution in [0.4, 0.5) is 0 Å². The third-order valence-electron chi connectivity index (χ3n) is 4.03. The van der Waals surface area contributed by atoms with Crippen LogP contribution in [0.2, 0.25) is 0 Å². The molecule has 0 aromatic heterocycles. The number of β-amino-alcohol motifs (C(OH)–C–C–N with tert-alkyl or cyclic N) is 1. The molecule has 1 aliphatic heterocycles. The molecule has 1 heterocycles. The predicted molar refractivity (Wildman–Crippen MR) is 81.1 cm³/mol. The minimum atomic E-state index is -1.19. The van der Waals surface area contributed by atoms with Crippen LogP contribution in [0.15, 0.2) is 18.2 Å². The zero-order valence-electron chi connectivity index (χ0n) is 13.0. The zero-order chi connectivity index (χ0) is 16.2. The first-order valence-corrected chi connectivity index (χ1v) is 7.34. The molecule has 0 bridgehead atoms. The maximum atomic E-state index is 12.5. The molecule has 1 aromatic rings. The molecule has 1 atom stereocenters. The number of methoxy groups -OCH3 is 2. The Kier molecular flexibility index (Phi) is 5.26. The molecule has 0 radical (unpaired) electrons. The van der Waals surface area contributed by atoms with Crippen LogP contribution in [0, 0.1) is 0 Å². The number of likely N-dealkylation sites (tertiary alicyclic amines) is 1. The van der Waals surface area contributed by atoms with Crippen molar-refractivity contribution >= 4 is 5.91 Å². The summed E-state index contributed by atoms with van der Waals surface area (Å²) < 4.78 is 10.6. The van der Waals surface area contributed by atoms with E-state index in [-0.39, 0.29) is 25.5 Å². The lowest BCUT2D eigenvalue weighted by molar-refractivity contribution is -0.140. The molecule has 1 fully saturated rings. The van der Waals surface area contributed by atoms with Gasteiger partial charge in [-0.15, -0.1) is 0 Å². The molecule has 2 rings (SSSR count). The lowest BCUT2D eigenvalue weighted by atomic mass is 9.93. The van der Waals surface area contributed by atoms with E-state index in [0.717, 1.165) is 5.56 Å². The van der Waals surface area contributed by atoms with Gasteiger partial charge in [-0.3, -0.25) is 4.79 Å². The van der Waals surface area contributed by atoms with E-state index in [2.05, 4.69) is 0 Å². The van der Waals surface area contributed by atoms with E-state index in [1.165, 1.54) is 7.11 Å². The molecular weight excluding hydrogens is 286 g/mol. The molecule has 1 aliphatic rings. The van der Waals surface area contributed by atoms with Crippen LogP contribution in [0.1, 0.15) is 18.4 Å². The maximum absolute atomic E-state index is 12.5. The van der Waals surface area contributed by atoms with Crippen LogP contribution in [-0.2, 0) is 11.2 Å². The Morgan fingerprint density at radius 1 is 1.36 bits per heavy atom. The molecular formula is C16H23NO5. The third kappa shape index (κ3) is 3.51. The second kappa shape index (κ2) is 6.98. The molecule has 22 heavy (non-hydrogen) atoms. The van der Waals surface area contributed by atoms with Crippen LogP contribution in [0.25, 0.3) is 0 Å². The molecule has 0 unspecified atom stereocenters. The topological polar surface area (TPSA) is 79.2 Å². The molecule has 6 nitrogen and oxygen atoms in total. The maximum Gasteiger partial charge on any atom is 0.227 e. The Morgan fingerprint density at radius 3 is 2.77 bits per heavy atom. The molecule has 6 heteroatoms. The summed E-state index contributed by atoms with van der Waals surface area (Å²) in [7, 11) is 3.09. The van der Waals surface area contributed by atoms with Crippen LogP contribution in [0.5, 0.6) is 11.5 Å². The van der Waals surface area contributed by atoms with Gasteiger partial charge in [-0.25, -0.2) is 0 Å². The standard InChI is InChI=1S/C16H23NO5/c1-21-13-6-3-5-12(15(13)22-2)9-14(19)17-8-4-7-16(20,10-17)11-18/h3,5-6,18,20H,4,7-11H2,1-2H3/t16-/m1/s1. The first kappa shape index (κ1) is 16.6. The van der Waals surface area contributed by atoms with Crippen molar-refractivity contribution in [3.63, 3.8) is 0 Å². The second-order valence-electron chi connectivity index (χ2n) is 5.63. The van der Waals surface area contributed by atoms with E-state index < -0.39 is 5.60 Å². The molecule has 0 aliphatic carbocycles. The van der Waals surface area contributed by atoms with Gasteiger partial charge in [0.1, 0.15) is 5.60 Å². The van der Waals surface area contributed by atoms with E-state index >= 15 is 0 Å². The number of nitrogens with zero attached hydrogens (tertiary/aromatic N) is 1. The van der Waals surface area contributed by atoms with Gasteiger partial charge in [0.05, 0.1) is 33.8 Å². The predicted octanol–water partition coefficient (Wildman–Crippen LogP) is 0.592. The van der Waals surface area contributed by atoms with Gasteiger partial charge in [0.2, 0.25) is 5.91 Å². The van der Waals surface area contributed by atoms with Crippen molar-refractivity contribution in [2.24, 2.45) is 0 Å². The summed E-state index contributed by atoms with van der Waals surface area (Å²) >= 11 is 0. The Hall–Kier alpha value is -1.79. The highest BCUT2D eigenvalue weighted by molar-refractivity contribution is 5.80. The smallest absolute Gasteiger partial charge is 0.227 e. The SMILES string of the molecule is COc1cccc(CC(=O)N2CCC[C@](O)(CO)C2)c1OC. The average molecular weight is 309 g/mol. The van der Waals surface area contributed by atoms with E-state index in [4.69, 9.17) is 9.47 Å². The normalized spacial score (nSPS) is 21.5. The molecule has 2 N–H and O–H groups in total. The number of hydrogen-bond acceptors (Lipinski definition) is 5. The number of rotatable bonds is 5. The number of carbonyl (C=O) groups is 1. The zero-order valence-corrected chi connectivity index (χ0v) is 13.0. The summed E-state index contributed by atoms with van der Waals surface area (Å²) in [5.41, 5.74) is -0.447. The van der Waals surface area contributed by atoms with Crippen LogP contribution in [0.3, 0.4) is 0 Å². The van der Waals surface area contributed by atoms with Gasteiger partial charge < -0.3 is 24.6 Å². The Morgan fingerprint density at radius 2 is 2.14 bits per heavy atom. The minimum Gasteiger partial charge on any atom is -0.493 e. The summed E-state index contributed by atoms with van der Waals surface area (Å²) in [6.45, 7) is 0.418. The fourth-order valence-corrected chi connectivity index (χ4v) is 2.82. The van der Waals surface area contributed by atoms with Crippen LogP contribution >= 0.6 is 0 Å². The van der Waals surface area contributed by atoms with Crippen molar-refractivity contribution in [1.29, 1.82) is 0 Å². The van der Waals surface area contributed by atoms with Gasteiger partial charge in [0.15, 0.2) is 11.5 Å². The quantitative estimate of drug-likeness (QED) is 0.832. The van der Waals surface area contributed by atoms with Crippen molar-refractivity contribution in [2.45, 2.75) is 24.9 Å². The second-order valence-corrected chi connectivity index (χ2v) is 5.63. The van der Waals surface area contributed by atoms with Gasteiger partial charge in [-0.2, -0.15) is 0 Å². The van der Waals surface area contributed by atoms with E-state index in [0.29, 0.717) is 30.9 Å². The third-order valence-corrected chi connectivity index (χ3v) is 4.03. The number of amides is 1. The van der Waals surface area contributed by atoms with E-state index in [9.17, 15) is 15.0 Å². The van der Waals surface area contributed by atoms with Gasteiger partial charge >= 0.3 is 0 Å². The van der Waals surface area contributed by atoms with Gasteiger partial charge in [-0.1, -0.05) is 12.1 Å². The number of carbonyl (C=O) groups excluding carboxylic acids is 1. The highest BCUT2D eigenvalue weighted by Gasteiger charge is 2.34. The molecule has 122 valence electrons. The van der Waals surface area contributed by atoms with Crippen LogP contribution < -0.4 is 9.47 Å². The van der Waals surface area contributed by atoms with E-state index in [1.807, 2.05) is 12.1 Å². The highest BCUT2D eigenvalue weighted by Crippen LogP contribution is 2.31. The number of aliphatic hydroxyl groups excluding tert-OH is 1. The lowest BCUT2D eigenvalue weighted by Crippen LogP contribution is -2.52. The van der Waals surface area contributed by atoms with Gasteiger partial charge in [-0.05, 0) is 18.9 Å². The summed E-state index contributed by atoms with van der Waals surface area (Å²) in [5.74, 6) is 1.03. The van der Waals surface area contributed by atoms with E-state index in [1.54, 1.807) is 18.1 Å². The van der Waals surface area contributed by atoms with Crippen molar-refractivity contribution in [3.8, 4) is 11.5 Å². The van der Waals surface area contributed by atoms with Crippen molar-refractivity contribution < 1.29 is 24.5 Å². The largest absolute Gasteiger partial charge is 0.493 e. The number of ether oxygens (including phenoxy) is 2. The summed E-state index contributed by atoms with van der Waals surface area (Å²) in [4.78, 5) is 14.1. The Bertz CT molecular complexity index is 533. The average Bonchev–Trinajstić information content (AvgIpc) is 2.54. The molecule has 1 amide bonds.